The summed E-state index contributed by atoms with van der Waals surface area (Å²) >= 11 is 1.60. The molecule has 30 heavy (non-hydrogen) atoms. The minimum Gasteiger partial charge on any atom is -0.308 e. The number of fused-ring (bicyclic) bond motifs is 2. The highest BCUT2D eigenvalue weighted by molar-refractivity contribution is 7.16. The lowest BCUT2D eigenvalue weighted by Crippen LogP contribution is -2.15. The lowest BCUT2D eigenvalue weighted by molar-refractivity contribution is 0.671. The fourth-order valence-electron chi connectivity index (χ4n) is 3.60. The highest BCUT2D eigenvalue weighted by Gasteiger charge is 2.21. The van der Waals surface area contributed by atoms with Crippen LogP contribution < -0.4 is 5.32 Å². The molecule has 0 unspecified atom stereocenters. The van der Waals surface area contributed by atoms with Gasteiger partial charge in [-0.1, -0.05) is 17.4 Å². The Kier molecular flexibility index (Phi) is 4.10. The molecule has 8 nitrogen and oxygen atoms in total. The molecule has 4 aromatic heterocycles. The molecule has 9 heteroatoms. The summed E-state index contributed by atoms with van der Waals surface area (Å²) in [5.74, 6) is 0.856. The average molecular weight is 417 g/mol. The highest BCUT2D eigenvalue weighted by atomic mass is 32.1. The van der Waals surface area contributed by atoms with Gasteiger partial charge >= 0.3 is 0 Å². The Hall–Kier alpha value is -3.17. The molecule has 6 rings (SSSR count). The topological polar surface area (TPSA) is 85.8 Å². The van der Waals surface area contributed by atoms with Crippen molar-refractivity contribution in [1.29, 1.82) is 0 Å². The van der Waals surface area contributed by atoms with Gasteiger partial charge in [0.2, 0.25) is 4.96 Å². The van der Waals surface area contributed by atoms with Crippen LogP contribution in [0.25, 0.3) is 27.0 Å². The van der Waals surface area contributed by atoms with E-state index in [0.29, 0.717) is 12.5 Å². The number of pyridine rings is 1. The third-order valence-corrected chi connectivity index (χ3v) is 6.26. The fourth-order valence-corrected chi connectivity index (χ4v) is 4.40. The lowest BCUT2D eigenvalue weighted by atomic mass is 10.0. The summed E-state index contributed by atoms with van der Waals surface area (Å²) < 4.78 is 3.68. The maximum atomic E-state index is 4.71. The Morgan fingerprint density at radius 3 is 2.90 bits per heavy atom. The molecule has 0 radical (unpaired) electrons. The Labute approximate surface area is 176 Å². The summed E-state index contributed by atoms with van der Waals surface area (Å²) in [6.07, 6.45) is 8.97. The molecule has 1 aromatic carbocycles. The fraction of sp³-hybridized carbons (Fsp3) is 0.286. The molecular formula is C21H20N8S. The van der Waals surface area contributed by atoms with E-state index in [1.54, 1.807) is 16.0 Å². The number of nitrogens with one attached hydrogen (secondary N) is 1. The van der Waals surface area contributed by atoms with Gasteiger partial charge in [-0.05, 0) is 36.6 Å². The third kappa shape index (κ3) is 3.35. The van der Waals surface area contributed by atoms with E-state index < -0.39 is 0 Å². The van der Waals surface area contributed by atoms with Gasteiger partial charge in [-0.25, -0.2) is 0 Å². The highest BCUT2D eigenvalue weighted by Crippen LogP contribution is 2.24. The van der Waals surface area contributed by atoms with Crippen molar-refractivity contribution in [2.75, 3.05) is 0 Å². The van der Waals surface area contributed by atoms with E-state index in [1.165, 1.54) is 12.8 Å². The average Bonchev–Trinajstić information content (AvgIpc) is 3.15. The monoisotopic (exact) mass is 416 g/mol. The minimum atomic E-state index is 0.668. The van der Waals surface area contributed by atoms with E-state index in [2.05, 4.69) is 49.9 Å². The van der Waals surface area contributed by atoms with Crippen LogP contribution in [0.3, 0.4) is 0 Å². The maximum absolute atomic E-state index is 4.71. The van der Waals surface area contributed by atoms with Gasteiger partial charge < -0.3 is 5.32 Å². The van der Waals surface area contributed by atoms with E-state index in [9.17, 15) is 0 Å². The molecular weight excluding hydrogens is 396 g/mol. The zero-order valence-corrected chi connectivity index (χ0v) is 17.3. The molecule has 1 aliphatic carbocycles. The zero-order valence-electron chi connectivity index (χ0n) is 16.5. The number of hydrogen-bond acceptors (Lipinski definition) is 7. The minimum absolute atomic E-state index is 0.668. The van der Waals surface area contributed by atoms with Crippen molar-refractivity contribution in [2.45, 2.75) is 31.8 Å². The number of aromatic nitrogens is 7. The summed E-state index contributed by atoms with van der Waals surface area (Å²) in [5.41, 5.74) is 4.25. The summed E-state index contributed by atoms with van der Waals surface area (Å²) in [6, 6.07) is 9.16. The Balaban J connectivity index is 1.28. The van der Waals surface area contributed by atoms with Crippen LogP contribution in [0.2, 0.25) is 0 Å². The molecule has 0 aliphatic heterocycles. The van der Waals surface area contributed by atoms with Crippen LogP contribution in [-0.2, 0) is 20.0 Å². The molecule has 0 saturated heterocycles. The molecule has 150 valence electrons. The molecule has 1 aliphatic rings. The predicted octanol–water partition coefficient (Wildman–Crippen LogP) is 2.98. The van der Waals surface area contributed by atoms with Crippen LogP contribution in [0.15, 0.2) is 42.9 Å². The van der Waals surface area contributed by atoms with Crippen molar-refractivity contribution in [1.82, 2.24) is 39.9 Å². The molecule has 1 saturated carbocycles. The van der Waals surface area contributed by atoms with Crippen molar-refractivity contribution < 1.29 is 0 Å². The first kappa shape index (κ1) is 17.7. The van der Waals surface area contributed by atoms with Crippen LogP contribution in [0.4, 0.5) is 0 Å². The van der Waals surface area contributed by atoms with E-state index in [1.807, 2.05) is 30.2 Å². The maximum Gasteiger partial charge on any atom is 0.234 e. The smallest absolute Gasteiger partial charge is 0.234 e. The quantitative estimate of drug-likeness (QED) is 0.458. The SMILES string of the molecule is Cn1cc(-c2cnc3ccc(Cc4nnc5sc(CNC6CC6)nn45)cc3c2)cn1. The summed E-state index contributed by atoms with van der Waals surface area (Å²) in [5, 5.41) is 23.3. The number of nitrogens with zero attached hydrogens (tertiary/aromatic N) is 7. The third-order valence-electron chi connectivity index (χ3n) is 5.36. The summed E-state index contributed by atoms with van der Waals surface area (Å²) in [4.78, 5) is 5.46. The van der Waals surface area contributed by atoms with Gasteiger partial charge in [0.1, 0.15) is 5.01 Å². The van der Waals surface area contributed by atoms with E-state index in [4.69, 9.17) is 5.10 Å². The predicted molar refractivity (Wildman–Crippen MR) is 115 cm³/mol. The van der Waals surface area contributed by atoms with Crippen molar-refractivity contribution in [3.8, 4) is 11.1 Å². The number of rotatable bonds is 6. The molecule has 0 bridgehead atoms. The molecule has 5 aromatic rings. The Morgan fingerprint density at radius 1 is 1.13 bits per heavy atom. The molecule has 1 N–H and O–H groups in total. The first-order chi connectivity index (χ1) is 14.7. The van der Waals surface area contributed by atoms with Crippen LogP contribution in [0, 0.1) is 0 Å². The molecule has 1 fully saturated rings. The zero-order chi connectivity index (χ0) is 20.1. The van der Waals surface area contributed by atoms with Crippen molar-refractivity contribution in [2.24, 2.45) is 7.05 Å². The largest absolute Gasteiger partial charge is 0.308 e. The van der Waals surface area contributed by atoms with E-state index in [-0.39, 0.29) is 0 Å². The second kappa shape index (κ2) is 6.96. The van der Waals surface area contributed by atoms with Crippen LogP contribution >= 0.6 is 11.3 Å². The standard InChI is InChI=1S/C21H20N8S/c1-28-12-16(10-24-28)15-8-14-6-13(2-5-18(14)23-9-15)7-19-25-26-21-29(19)27-20(30-21)11-22-17-3-4-17/h2,5-6,8-10,12,17,22H,3-4,7,11H2,1H3. The van der Waals surface area contributed by atoms with Crippen molar-refractivity contribution in [3.05, 3.63) is 59.3 Å². The lowest BCUT2D eigenvalue weighted by Gasteiger charge is -2.04. The van der Waals surface area contributed by atoms with Crippen LogP contribution in [0.5, 0.6) is 0 Å². The molecule has 0 atom stereocenters. The van der Waals surface area contributed by atoms with Gasteiger partial charge in [-0.3, -0.25) is 9.67 Å². The number of hydrogen-bond donors (Lipinski definition) is 1. The van der Waals surface area contributed by atoms with Crippen LogP contribution in [-0.4, -0.2) is 40.6 Å². The van der Waals surface area contributed by atoms with Crippen molar-refractivity contribution in [3.63, 3.8) is 0 Å². The first-order valence-electron chi connectivity index (χ1n) is 10.0. The van der Waals surface area contributed by atoms with Gasteiger partial charge in [-0.15, -0.1) is 10.2 Å². The molecule has 0 spiro atoms. The Bertz CT molecular complexity index is 1360. The van der Waals surface area contributed by atoms with Crippen LogP contribution in [0.1, 0.15) is 29.2 Å². The van der Waals surface area contributed by atoms with Gasteiger partial charge in [0.15, 0.2) is 5.82 Å². The van der Waals surface area contributed by atoms with Gasteiger partial charge in [0.25, 0.3) is 0 Å². The molecule has 0 amide bonds. The normalized spacial score (nSPS) is 14.2. The number of benzene rings is 1. The first-order valence-corrected chi connectivity index (χ1v) is 10.8. The van der Waals surface area contributed by atoms with Gasteiger partial charge in [0, 0.05) is 55.0 Å². The summed E-state index contributed by atoms with van der Waals surface area (Å²) in [6.45, 7) is 0.802. The van der Waals surface area contributed by atoms with E-state index >= 15 is 0 Å². The van der Waals surface area contributed by atoms with Crippen molar-refractivity contribution >= 4 is 27.2 Å². The van der Waals surface area contributed by atoms with Gasteiger partial charge in [0.05, 0.1) is 11.7 Å². The van der Waals surface area contributed by atoms with E-state index in [0.717, 1.165) is 49.9 Å². The van der Waals surface area contributed by atoms with Gasteiger partial charge in [-0.2, -0.15) is 14.7 Å². The summed E-state index contributed by atoms with van der Waals surface area (Å²) in [7, 11) is 1.92. The Morgan fingerprint density at radius 2 is 2.07 bits per heavy atom. The molecule has 4 heterocycles. The second-order valence-corrected chi connectivity index (χ2v) is 8.83. The second-order valence-electron chi connectivity index (χ2n) is 7.79. The number of aryl methyl sites for hydroxylation is 1.